The van der Waals surface area contributed by atoms with E-state index in [1.165, 1.54) is 81.4 Å². The number of pyridine rings is 2. The normalized spacial score (nSPS) is 12.1. The number of aryl methyl sites for hydroxylation is 2. The Labute approximate surface area is 280 Å². The Bertz CT molecular complexity index is 2610. The van der Waals surface area contributed by atoms with Crippen LogP contribution in [0, 0.1) is 13.8 Å². The molecular weight excluding hydrogens is 637 g/mol. The van der Waals surface area contributed by atoms with Gasteiger partial charge in [0.05, 0.1) is 11.4 Å². The van der Waals surface area contributed by atoms with Crippen LogP contribution in [0.3, 0.4) is 0 Å². The van der Waals surface area contributed by atoms with Crippen molar-refractivity contribution in [3.8, 4) is 32.3 Å². The minimum absolute atomic E-state index is 0.884. The molecule has 0 radical (unpaired) electrons. The zero-order valence-corrected chi connectivity index (χ0v) is 28.2. The number of hydrogen-bond donors (Lipinski definition) is 0. The summed E-state index contributed by atoms with van der Waals surface area (Å²) >= 11 is 7.47. The SMILES string of the molecule is Cc1cc2ccc3c(ccc4cc(-c5ccc(-c6ccc(-c7cc8ccc9c(ccc%10cc(C)sc%109)c8s7)cn6)nc5)sc43)c2s1. The van der Waals surface area contributed by atoms with Crippen molar-refractivity contribution in [2.75, 3.05) is 0 Å². The summed E-state index contributed by atoms with van der Waals surface area (Å²) in [6.45, 7) is 4.38. The van der Waals surface area contributed by atoms with Crippen molar-refractivity contribution in [2.45, 2.75) is 13.8 Å². The van der Waals surface area contributed by atoms with Crippen LogP contribution >= 0.6 is 45.3 Å². The fourth-order valence-corrected chi connectivity index (χ4v) is 11.2. The molecule has 0 aliphatic heterocycles. The maximum Gasteiger partial charge on any atom is 0.0886 e. The molecule has 0 spiro atoms. The second-order valence-electron chi connectivity index (χ2n) is 11.9. The highest BCUT2D eigenvalue weighted by Gasteiger charge is 2.14. The Hall–Kier alpha value is -4.46. The highest BCUT2D eigenvalue weighted by Crippen LogP contribution is 2.43. The smallest absolute Gasteiger partial charge is 0.0886 e. The highest BCUT2D eigenvalue weighted by molar-refractivity contribution is 7.24. The predicted molar refractivity (Wildman–Crippen MR) is 204 cm³/mol. The Morgan fingerprint density at radius 1 is 0.391 bits per heavy atom. The molecule has 10 aromatic rings. The minimum atomic E-state index is 0.884. The lowest BCUT2D eigenvalue weighted by Gasteiger charge is -2.03. The van der Waals surface area contributed by atoms with Gasteiger partial charge in [-0.15, -0.1) is 45.3 Å². The third kappa shape index (κ3) is 4.11. The first kappa shape index (κ1) is 26.7. The van der Waals surface area contributed by atoms with Crippen LogP contribution in [0.25, 0.3) is 94.2 Å². The second-order valence-corrected chi connectivity index (χ2v) is 16.5. The molecule has 10 rings (SSSR count). The van der Waals surface area contributed by atoms with Crippen LogP contribution in [0.1, 0.15) is 9.75 Å². The molecule has 46 heavy (non-hydrogen) atoms. The Kier molecular flexibility index (Phi) is 5.82. The van der Waals surface area contributed by atoms with Crippen LogP contribution in [0.15, 0.2) is 109 Å². The van der Waals surface area contributed by atoms with Gasteiger partial charge in [0.15, 0.2) is 0 Å². The maximum atomic E-state index is 4.85. The summed E-state index contributed by atoms with van der Waals surface area (Å²) in [7, 11) is 0. The molecule has 0 fully saturated rings. The van der Waals surface area contributed by atoms with E-state index in [0.29, 0.717) is 0 Å². The van der Waals surface area contributed by atoms with Crippen molar-refractivity contribution in [3.63, 3.8) is 0 Å². The number of aromatic nitrogens is 2. The summed E-state index contributed by atoms with van der Waals surface area (Å²) in [5.41, 5.74) is 4.04. The van der Waals surface area contributed by atoms with Crippen LogP contribution in [-0.2, 0) is 0 Å². The molecule has 0 saturated heterocycles. The molecule has 0 N–H and O–H groups in total. The van der Waals surface area contributed by atoms with Gasteiger partial charge in [0.1, 0.15) is 0 Å². The quantitative estimate of drug-likeness (QED) is 0.188. The van der Waals surface area contributed by atoms with Crippen molar-refractivity contribution in [3.05, 3.63) is 119 Å². The molecular formula is C40H24N2S4. The third-order valence-corrected chi connectivity index (χ3v) is 13.6. The number of benzene rings is 4. The van der Waals surface area contributed by atoms with Crippen LogP contribution < -0.4 is 0 Å². The van der Waals surface area contributed by atoms with E-state index >= 15 is 0 Å². The van der Waals surface area contributed by atoms with Crippen molar-refractivity contribution >= 4 is 107 Å². The summed E-state index contributed by atoms with van der Waals surface area (Å²) in [6.07, 6.45) is 3.98. The summed E-state index contributed by atoms with van der Waals surface area (Å²) < 4.78 is 5.44. The molecule has 0 saturated carbocycles. The zero-order valence-electron chi connectivity index (χ0n) is 24.9. The van der Waals surface area contributed by atoms with E-state index in [4.69, 9.17) is 9.97 Å². The van der Waals surface area contributed by atoms with Crippen LogP contribution in [0.5, 0.6) is 0 Å². The Morgan fingerprint density at radius 2 is 0.761 bits per heavy atom. The number of nitrogens with zero attached hydrogens (tertiary/aromatic N) is 2. The maximum absolute atomic E-state index is 4.85. The van der Waals surface area contributed by atoms with E-state index in [0.717, 1.165) is 22.5 Å². The molecule has 0 unspecified atom stereocenters. The molecule has 2 nitrogen and oxygen atoms in total. The van der Waals surface area contributed by atoms with Gasteiger partial charge in [-0.2, -0.15) is 0 Å². The van der Waals surface area contributed by atoms with E-state index < -0.39 is 0 Å². The van der Waals surface area contributed by atoms with Crippen LogP contribution in [-0.4, -0.2) is 9.97 Å². The van der Waals surface area contributed by atoms with Gasteiger partial charge in [-0.25, -0.2) is 0 Å². The van der Waals surface area contributed by atoms with Crippen molar-refractivity contribution in [2.24, 2.45) is 0 Å². The van der Waals surface area contributed by atoms with Crippen molar-refractivity contribution in [1.82, 2.24) is 9.97 Å². The lowest BCUT2D eigenvalue weighted by molar-refractivity contribution is 1.25. The number of fused-ring (bicyclic) bond motifs is 10. The van der Waals surface area contributed by atoms with Crippen molar-refractivity contribution < 1.29 is 0 Å². The fraction of sp³-hybridized carbons (Fsp3) is 0.0500. The molecule has 0 amide bonds. The fourth-order valence-electron chi connectivity index (χ4n) is 6.73. The molecule has 0 atom stereocenters. The lowest BCUT2D eigenvalue weighted by atomic mass is 10.1. The first-order chi connectivity index (χ1) is 22.6. The summed E-state index contributed by atoms with van der Waals surface area (Å²) in [6, 6.07) is 35.9. The standard InChI is InChI=1S/C40H24N2S4/c1-21-15-23-3-9-31-29(37(23)43-21)11-5-25-17-35(45-39(25)31)27-7-13-33(41-19-27)34-14-8-28(20-42-34)36-18-26-6-12-30-32(40(26)46-36)10-4-24-16-22(2)44-38(24)30/h3-20H,1-2H3. The number of rotatable bonds is 3. The van der Waals surface area contributed by atoms with Gasteiger partial charge < -0.3 is 0 Å². The van der Waals surface area contributed by atoms with E-state index in [9.17, 15) is 0 Å². The zero-order chi connectivity index (χ0) is 30.5. The largest absolute Gasteiger partial charge is 0.254 e. The predicted octanol–water partition coefficient (Wildman–Crippen LogP) is 13.3. The van der Waals surface area contributed by atoms with Gasteiger partial charge in [-0.3, -0.25) is 9.97 Å². The first-order valence-corrected chi connectivity index (χ1v) is 18.5. The molecule has 6 heteroatoms. The van der Waals surface area contributed by atoms with E-state index in [1.807, 2.05) is 57.7 Å². The average molecular weight is 661 g/mol. The van der Waals surface area contributed by atoms with E-state index in [-0.39, 0.29) is 0 Å². The molecule has 6 aromatic heterocycles. The average Bonchev–Trinajstić information content (AvgIpc) is 3.87. The minimum Gasteiger partial charge on any atom is -0.254 e. The van der Waals surface area contributed by atoms with Gasteiger partial charge in [0.25, 0.3) is 0 Å². The highest BCUT2D eigenvalue weighted by atomic mass is 32.1. The summed E-state index contributed by atoms with van der Waals surface area (Å²) in [4.78, 5) is 14.9. The van der Waals surface area contributed by atoms with E-state index in [1.54, 1.807) is 0 Å². The van der Waals surface area contributed by atoms with Gasteiger partial charge in [-0.05, 0) is 83.9 Å². The van der Waals surface area contributed by atoms with Crippen LogP contribution in [0.2, 0.25) is 0 Å². The molecule has 218 valence electrons. The molecule has 0 aliphatic carbocycles. The van der Waals surface area contributed by atoms with Gasteiger partial charge in [-0.1, -0.05) is 48.5 Å². The molecule has 0 bridgehead atoms. The number of hydrogen-bond acceptors (Lipinski definition) is 6. The topological polar surface area (TPSA) is 25.8 Å². The molecule has 0 aliphatic rings. The lowest BCUT2D eigenvalue weighted by Crippen LogP contribution is -1.87. The Balaban J connectivity index is 0.958. The summed E-state index contributed by atoms with van der Waals surface area (Å²) in [5.74, 6) is 0. The summed E-state index contributed by atoms with van der Waals surface area (Å²) in [5, 5.41) is 10.6. The van der Waals surface area contributed by atoms with Crippen molar-refractivity contribution in [1.29, 1.82) is 0 Å². The first-order valence-electron chi connectivity index (χ1n) is 15.2. The second kappa shape index (κ2) is 10.0. The monoisotopic (exact) mass is 660 g/mol. The molecule has 4 aromatic carbocycles. The van der Waals surface area contributed by atoms with Crippen LogP contribution in [0.4, 0.5) is 0 Å². The van der Waals surface area contributed by atoms with Gasteiger partial charge >= 0.3 is 0 Å². The van der Waals surface area contributed by atoms with Gasteiger partial charge in [0.2, 0.25) is 0 Å². The third-order valence-electron chi connectivity index (χ3n) is 8.93. The van der Waals surface area contributed by atoms with E-state index in [2.05, 4.69) is 111 Å². The number of thiophene rings is 4. The van der Waals surface area contributed by atoms with Gasteiger partial charge in [0, 0.05) is 83.4 Å². The molecule has 6 heterocycles. The Morgan fingerprint density at radius 3 is 1.13 bits per heavy atom.